The topological polar surface area (TPSA) is 90.3 Å². The fourth-order valence-corrected chi connectivity index (χ4v) is 4.68. The molecule has 0 saturated heterocycles. The monoisotopic (exact) mass is 538 g/mol. The third-order valence-corrected chi connectivity index (χ3v) is 6.93. The summed E-state index contributed by atoms with van der Waals surface area (Å²) in [5.41, 5.74) is 7.48. The van der Waals surface area contributed by atoms with E-state index in [1.54, 1.807) is 53.2 Å². The molecule has 0 saturated carbocycles. The van der Waals surface area contributed by atoms with Crippen LogP contribution in [-0.4, -0.2) is 23.8 Å². The molecule has 0 aliphatic carbocycles. The molecule has 33 heavy (non-hydrogen) atoms. The summed E-state index contributed by atoms with van der Waals surface area (Å²) in [4.78, 5) is 4.47. The maximum atomic E-state index is 12.7. The van der Waals surface area contributed by atoms with Crippen molar-refractivity contribution in [2.75, 3.05) is 0 Å². The van der Waals surface area contributed by atoms with Crippen molar-refractivity contribution in [3.63, 3.8) is 0 Å². The Morgan fingerprint density at radius 2 is 1.42 bits per heavy atom. The number of hydrogen-bond donors (Lipinski definition) is 1. The van der Waals surface area contributed by atoms with Crippen LogP contribution >= 0.6 is 46.4 Å². The number of nitrogens with zero attached hydrogens (tertiary/aromatic N) is 3. The van der Waals surface area contributed by atoms with Gasteiger partial charge in [-0.1, -0.05) is 46.4 Å². The highest BCUT2D eigenvalue weighted by atomic mass is 35.5. The van der Waals surface area contributed by atoms with E-state index >= 15 is 0 Å². The van der Waals surface area contributed by atoms with E-state index in [4.69, 9.17) is 52.1 Å². The number of halogens is 4. The molecule has 0 aliphatic rings. The summed E-state index contributed by atoms with van der Waals surface area (Å²) >= 11 is 24.3. The van der Waals surface area contributed by atoms with Gasteiger partial charge in [-0.15, -0.1) is 4.40 Å². The molecule has 0 fully saturated rings. The van der Waals surface area contributed by atoms with Gasteiger partial charge in [-0.2, -0.15) is 8.42 Å². The van der Waals surface area contributed by atoms with E-state index in [-0.39, 0.29) is 16.4 Å². The lowest BCUT2D eigenvalue weighted by atomic mass is 10.2. The molecule has 4 aromatic rings. The van der Waals surface area contributed by atoms with Gasteiger partial charge >= 0.3 is 0 Å². The third-order valence-electron chi connectivity index (χ3n) is 4.58. The molecule has 0 unspecified atom stereocenters. The second-order valence-corrected chi connectivity index (χ2v) is 10.1. The van der Waals surface area contributed by atoms with Crippen LogP contribution < -0.4 is 5.73 Å². The van der Waals surface area contributed by atoms with Gasteiger partial charge in [-0.3, -0.25) is 4.57 Å². The van der Waals surface area contributed by atoms with Crippen LogP contribution in [0.1, 0.15) is 5.69 Å². The summed E-state index contributed by atoms with van der Waals surface area (Å²) in [5.74, 6) is 0.125. The van der Waals surface area contributed by atoms with Crippen LogP contribution in [0.15, 0.2) is 82.2 Å². The number of amidine groups is 1. The minimum Gasteiger partial charge on any atom is -0.381 e. The van der Waals surface area contributed by atoms with Crippen LogP contribution in [-0.2, 0) is 10.0 Å². The Hall–Kier alpha value is -2.55. The van der Waals surface area contributed by atoms with E-state index in [2.05, 4.69) is 9.38 Å². The van der Waals surface area contributed by atoms with E-state index < -0.39 is 10.0 Å². The van der Waals surface area contributed by atoms with Crippen molar-refractivity contribution in [2.24, 2.45) is 10.1 Å². The van der Waals surface area contributed by atoms with Crippen LogP contribution in [0.5, 0.6) is 0 Å². The summed E-state index contributed by atoms with van der Waals surface area (Å²) in [5, 5.41) is 1.78. The van der Waals surface area contributed by atoms with Gasteiger partial charge in [0.25, 0.3) is 10.0 Å². The van der Waals surface area contributed by atoms with Crippen molar-refractivity contribution >= 4 is 62.3 Å². The van der Waals surface area contributed by atoms with Crippen molar-refractivity contribution in [3.8, 4) is 17.1 Å². The Bertz CT molecular complexity index is 1470. The normalized spacial score (nSPS) is 12.2. The van der Waals surface area contributed by atoms with Gasteiger partial charge in [0, 0.05) is 32.5 Å². The summed E-state index contributed by atoms with van der Waals surface area (Å²) < 4.78 is 30.8. The lowest BCUT2D eigenvalue weighted by Crippen LogP contribution is -2.16. The first-order valence-electron chi connectivity index (χ1n) is 9.31. The molecule has 4 rings (SSSR count). The van der Waals surface area contributed by atoms with Gasteiger partial charge in [0.1, 0.15) is 11.5 Å². The number of aromatic nitrogens is 2. The lowest BCUT2D eigenvalue weighted by molar-refractivity contribution is 0.598. The Kier molecular flexibility index (Phi) is 6.70. The minimum absolute atomic E-state index is 0.0482. The van der Waals surface area contributed by atoms with Gasteiger partial charge in [-0.25, -0.2) is 4.98 Å². The molecule has 0 bridgehead atoms. The van der Waals surface area contributed by atoms with Crippen molar-refractivity contribution < 1.29 is 8.42 Å². The Balaban J connectivity index is 1.84. The first-order valence-corrected chi connectivity index (χ1v) is 12.3. The highest BCUT2D eigenvalue weighted by Crippen LogP contribution is 2.32. The Morgan fingerprint density at radius 3 is 2.03 bits per heavy atom. The molecule has 0 radical (unpaired) electrons. The first kappa shape index (κ1) is 23.6. The zero-order chi connectivity index (χ0) is 23.8. The largest absolute Gasteiger partial charge is 0.381 e. The molecule has 11 heteroatoms. The number of sulfonamides is 1. The molecule has 1 aromatic heterocycles. The zero-order valence-electron chi connectivity index (χ0n) is 16.6. The second-order valence-electron chi connectivity index (χ2n) is 6.83. The Morgan fingerprint density at radius 1 is 0.848 bits per heavy atom. The smallest absolute Gasteiger partial charge is 0.284 e. The van der Waals surface area contributed by atoms with E-state index in [9.17, 15) is 8.42 Å². The van der Waals surface area contributed by atoms with Crippen LogP contribution in [0.4, 0.5) is 0 Å². The van der Waals surface area contributed by atoms with E-state index in [1.165, 1.54) is 24.3 Å². The first-order chi connectivity index (χ1) is 15.6. The van der Waals surface area contributed by atoms with Crippen molar-refractivity contribution in [1.82, 2.24) is 9.55 Å². The molecular weight excluding hydrogens is 526 g/mol. The number of rotatable bonds is 5. The molecule has 0 aliphatic heterocycles. The Labute approximate surface area is 210 Å². The molecule has 0 amide bonds. The van der Waals surface area contributed by atoms with E-state index in [0.29, 0.717) is 37.2 Å². The average molecular weight is 540 g/mol. The third kappa shape index (κ3) is 5.18. The molecule has 0 atom stereocenters. The molecule has 6 nitrogen and oxygen atoms in total. The SMILES string of the molecule is N/C(=N\S(=O)(=O)c1ccc(Cl)cc1)c1cn(-c2ccc(Cl)cc2)c(-c2ccc(Cl)cc2Cl)n1. The predicted molar refractivity (Wildman–Crippen MR) is 133 cm³/mol. The van der Waals surface area contributed by atoms with Gasteiger partial charge in [0.2, 0.25) is 0 Å². The van der Waals surface area contributed by atoms with Gasteiger partial charge < -0.3 is 5.73 Å². The second kappa shape index (κ2) is 9.37. The van der Waals surface area contributed by atoms with Crippen molar-refractivity contribution in [3.05, 3.63) is 98.7 Å². The summed E-state index contributed by atoms with van der Waals surface area (Å²) in [6.07, 6.45) is 1.57. The van der Waals surface area contributed by atoms with Crippen LogP contribution in [0.2, 0.25) is 20.1 Å². The van der Waals surface area contributed by atoms with Crippen LogP contribution in [0, 0.1) is 0 Å². The fraction of sp³-hybridized carbons (Fsp3) is 0. The van der Waals surface area contributed by atoms with Crippen molar-refractivity contribution in [1.29, 1.82) is 0 Å². The summed E-state index contributed by atoms with van der Waals surface area (Å²) in [7, 11) is -4.08. The van der Waals surface area contributed by atoms with Crippen LogP contribution in [0.25, 0.3) is 17.1 Å². The molecule has 2 N–H and O–H groups in total. The minimum atomic E-state index is -4.08. The zero-order valence-corrected chi connectivity index (χ0v) is 20.4. The molecule has 3 aromatic carbocycles. The standard InChI is InChI=1S/C22H14Cl4N4O2S/c23-13-1-6-16(7-2-13)30-12-20(28-22(30)18-10-5-15(25)11-19(18)26)21(27)29-33(31,32)17-8-3-14(24)4-9-17/h1-12H,(H2,27,29). The maximum Gasteiger partial charge on any atom is 0.284 e. The summed E-state index contributed by atoms with van der Waals surface area (Å²) in [6, 6.07) is 17.6. The van der Waals surface area contributed by atoms with Gasteiger partial charge in [0.15, 0.2) is 5.84 Å². The molecule has 1 heterocycles. The highest BCUT2D eigenvalue weighted by molar-refractivity contribution is 7.90. The summed E-state index contributed by atoms with van der Waals surface area (Å²) in [6.45, 7) is 0. The molecule has 168 valence electrons. The average Bonchev–Trinajstić information content (AvgIpc) is 3.19. The van der Waals surface area contributed by atoms with Crippen molar-refractivity contribution in [2.45, 2.75) is 4.90 Å². The number of benzene rings is 3. The van der Waals surface area contributed by atoms with Gasteiger partial charge in [0.05, 0.1) is 9.92 Å². The molecule has 0 spiro atoms. The predicted octanol–water partition coefficient (Wildman–Crippen LogP) is 6.25. The number of nitrogens with two attached hydrogens (primary N) is 1. The van der Waals surface area contributed by atoms with E-state index in [0.717, 1.165) is 0 Å². The maximum absolute atomic E-state index is 12.7. The van der Waals surface area contributed by atoms with Gasteiger partial charge in [-0.05, 0) is 66.7 Å². The highest BCUT2D eigenvalue weighted by Gasteiger charge is 2.19. The van der Waals surface area contributed by atoms with E-state index in [1.807, 2.05) is 0 Å². The fourth-order valence-electron chi connectivity index (χ4n) is 3.00. The number of imidazole rings is 1. The quantitative estimate of drug-likeness (QED) is 0.240. The number of hydrogen-bond acceptors (Lipinski definition) is 3. The van der Waals surface area contributed by atoms with Crippen LogP contribution in [0.3, 0.4) is 0 Å². The lowest BCUT2D eigenvalue weighted by Gasteiger charge is -2.09. The molecular formula is C22H14Cl4N4O2S.